The van der Waals surface area contributed by atoms with Crippen LogP contribution in [0.25, 0.3) is 0 Å². The van der Waals surface area contributed by atoms with Crippen molar-refractivity contribution in [1.82, 2.24) is 14.3 Å². The maximum absolute atomic E-state index is 13.4. The van der Waals surface area contributed by atoms with E-state index in [1.165, 1.54) is 0 Å². The first-order chi connectivity index (χ1) is 12.8. The Morgan fingerprint density at radius 2 is 1.85 bits per heavy atom. The molecule has 0 unspecified atom stereocenters. The first-order valence-corrected chi connectivity index (χ1v) is 9.39. The van der Waals surface area contributed by atoms with Crippen LogP contribution in [0.15, 0.2) is 66.1 Å². The van der Waals surface area contributed by atoms with Gasteiger partial charge in [0.15, 0.2) is 0 Å². The molecule has 2 N–H and O–H groups in total. The van der Waals surface area contributed by atoms with Gasteiger partial charge in [-0.15, -0.1) is 0 Å². The Bertz CT molecular complexity index is 1050. The molecule has 3 rings (SSSR count). The van der Waals surface area contributed by atoms with Gasteiger partial charge in [0.1, 0.15) is 5.82 Å². The average Bonchev–Trinajstić information content (AvgIpc) is 3.14. The lowest BCUT2D eigenvalue weighted by molar-refractivity contribution is 0.0691. The molecule has 27 heavy (non-hydrogen) atoms. The summed E-state index contributed by atoms with van der Waals surface area (Å²) in [6.07, 6.45) is 5.24. The highest BCUT2D eigenvalue weighted by molar-refractivity contribution is 7.89. The van der Waals surface area contributed by atoms with Gasteiger partial charge in [0, 0.05) is 25.5 Å². The van der Waals surface area contributed by atoms with Crippen LogP contribution in [-0.2, 0) is 23.1 Å². The fourth-order valence-electron chi connectivity index (χ4n) is 2.45. The highest BCUT2D eigenvalue weighted by Gasteiger charge is 2.19. The molecule has 2 aromatic carbocycles. The Morgan fingerprint density at radius 1 is 1.15 bits per heavy atom. The molecule has 7 nitrogen and oxygen atoms in total. The van der Waals surface area contributed by atoms with Crippen molar-refractivity contribution < 1.29 is 22.7 Å². The van der Waals surface area contributed by atoms with Crippen molar-refractivity contribution in [3.8, 4) is 0 Å². The van der Waals surface area contributed by atoms with Gasteiger partial charge in [0.25, 0.3) is 0 Å². The Labute approximate surface area is 155 Å². The summed E-state index contributed by atoms with van der Waals surface area (Å²) in [6.45, 7) is 0.674. The van der Waals surface area contributed by atoms with Crippen molar-refractivity contribution in [2.45, 2.75) is 18.0 Å². The maximum Gasteiger partial charge on any atom is 0.338 e. The summed E-state index contributed by atoms with van der Waals surface area (Å²) in [5.41, 5.74) is 1.07. The number of carbonyl (C=O) groups is 1. The van der Waals surface area contributed by atoms with Crippen LogP contribution in [0.2, 0.25) is 0 Å². The summed E-state index contributed by atoms with van der Waals surface area (Å²) in [5.74, 6) is -2.52. The standard InChI is InChI=1S/C18H16FN3O4S/c19-17-6-5-15(9-16(17)18(23)24)27(25,26)21-10-13-1-3-14(4-2-13)11-22-8-7-20-12-22/h1-9,12,21H,10-11H2,(H,23,24). The number of hydrogen-bond donors (Lipinski definition) is 2. The smallest absolute Gasteiger partial charge is 0.338 e. The van der Waals surface area contributed by atoms with Gasteiger partial charge in [-0.05, 0) is 29.3 Å². The molecule has 9 heteroatoms. The molecule has 3 aromatic rings. The minimum atomic E-state index is -3.97. The molecule has 0 amide bonds. The number of benzene rings is 2. The van der Waals surface area contributed by atoms with Gasteiger partial charge in [-0.1, -0.05) is 24.3 Å². The number of hydrogen-bond acceptors (Lipinski definition) is 4. The molecule has 0 aliphatic rings. The number of rotatable bonds is 7. The first-order valence-electron chi connectivity index (χ1n) is 7.91. The molecule has 0 bridgehead atoms. The summed E-state index contributed by atoms with van der Waals surface area (Å²) >= 11 is 0. The van der Waals surface area contributed by atoms with Gasteiger partial charge < -0.3 is 9.67 Å². The van der Waals surface area contributed by atoms with Gasteiger partial charge in [-0.3, -0.25) is 0 Å². The third kappa shape index (κ3) is 4.57. The maximum atomic E-state index is 13.4. The van der Waals surface area contributed by atoms with Crippen molar-refractivity contribution >= 4 is 16.0 Å². The largest absolute Gasteiger partial charge is 0.478 e. The van der Waals surface area contributed by atoms with Gasteiger partial charge in [0.05, 0.1) is 16.8 Å². The van der Waals surface area contributed by atoms with E-state index in [9.17, 15) is 17.6 Å². The van der Waals surface area contributed by atoms with E-state index in [0.717, 1.165) is 29.3 Å². The number of aromatic nitrogens is 2. The molecule has 0 radical (unpaired) electrons. The second-order valence-corrected chi connectivity index (χ2v) is 7.59. The third-order valence-electron chi connectivity index (χ3n) is 3.89. The lowest BCUT2D eigenvalue weighted by Crippen LogP contribution is -2.23. The zero-order valence-corrected chi connectivity index (χ0v) is 14.9. The van der Waals surface area contributed by atoms with Crippen molar-refractivity contribution in [2.75, 3.05) is 0 Å². The molecule has 0 aliphatic carbocycles. The zero-order valence-electron chi connectivity index (χ0n) is 14.0. The van der Waals surface area contributed by atoms with Crippen LogP contribution in [0.5, 0.6) is 0 Å². The summed E-state index contributed by atoms with van der Waals surface area (Å²) < 4.78 is 42.4. The quantitative estimate of drug-likeness (QED) is 0.645. The molecule has 0 saturated carbocycles. The summed E-state index contributed by atoms with van der Waals surface area (Å²) in [5, 5.41) is 8.92. The number of sulfonamides is 1. The van der Waals surface area contributed by atoms with Gasteiger partial charge in [-0.2, -0.15) is 0 Å². The molecular weight excluding hydrogens is 373 g/mol. The zero-order chi connectivity index (χ0) is 19.4. The van der Waals surface area contributed by atoms with Crippen molar-refractivity contribution in [3.05, 3.63) is 83.7 Å². The Morgan fingerprint density at radius 3 is 2.48 bits per heavy atom. The van der Waals surface area contributed by atoms with Crippen LogP contribution in [0, 0.1) is 5.82 Å². The predicted octanol–water partition coefficient (Wildman–Crippen LogP) is 2.25. The van der Waals surface area contributed by atoms with E-state index >= 15 is 0 Å². The minimum absolute atomic E-state index is 0.0213. The number of carboxylic acid groups (broad SMARTS) is 1. The second kappa shape index (κ2) is 7.68. The number of halogens is 1. The highest BCUT2D eigenvalue weighted by Crippen LogP contribution is 2.16. The minimum Gasteiger partial charge on any atom is -0.478 e. The molecule has 140 valence electrons. The fourth-order valence-corrected chi connectivity index (χ4v) is 3.49. The van der Waals surface area contributed by atoms with Crippen LogP contribution in [-0.4, -0.2) is 29.0 Å². The number of nitrogens with one attached hydrogen (secondary N) is 1. The number of imidazole rings is 1. The van der Waals surface area contributed by atoms with Crippen LogP contribution in [0.1, 0.15) is 21.5 Å². The molecular formula is C18H16FN3O4S. The molecule has 1 heterocycles. The van der Waals surface area contributed by atoms with Crippen molar-refractivity contribution in [1.29, 1.82) is 0 Å². The molecule has 0 fully saturated rings. The van der Waals surface area contributed by atoms with Crippen LogP contribution < -0.4 is 4.72 Å². The molecule has 1 aromatic heterocycles. The Kier molecular flexibility index (Phi) is 5.33. The van der Waals surface area contributed by atoms with E-state index in [1.54, 1.807) is 24.7 Å². The number of aromatic carboxylic acids is 1. The molecule has 0 atom stereocenters. The van der Waals surface area contributed by atoms with Gasteiger partial charge >= 0.3 is 5.97 Å². The van der Waals surface area contributed by atoms with Crippen LogP contribution in [0.4, 0.5) is 4.39 Å². The van der Waals surface area contributed by atoms with Gasteiger partial charge in [-0.25, -0.2) is 27.3 Å². The Balaban J connectivity index is 1.68. The predicted molar refractivity (Wildman–Crippen MR) is 95.2 cm³/mol. The van der Waals surface area contributed by atoms with E-state index in [-0.39, 0.29) is 11.4 Å². The topological polar surface area (TPSA) is 101 Å². The SMILES string of the molecule is O=C(O)c1cc(S(=O)(=O)NCc2ccc(Cn3ccnc3)cc2)ccc1F. The van der Waals surface area contributed by atoms with E-state index in [1.807, 2.05) is 22.9 Å². The molecule has 0 saturated heterocycles. The van der Waals surface area contributed by atoms with E-state index in [0.29, 0.717) is 6.54 Å². The highest BCUT2D eigenvalue weighted by atomic mass is 32.2. The summed E-state index contributed by atoms with van der Waals surface area (Å²) in [4.78, 5) is 14.6. The Hall–Kier alpha value is -3.04. The van der Waals surface area contributed by atoms with Crippen LogP contribution >= 0.6 is 0 Å². The van der Waals surface area contributed by atoms with Crippen LogP contribution in [0.3, 0.4) is 0 Å². The fraction of sp³-hybridized carbons (Fsp3) is 0.111. The van der Waals surface area contributed by atoms with E-state index < -0.39 is 27.4 Å². The summed E-state index contributed by atoms with van der Waals surface area (Å²) in [7, 11) is -3.97. The molecule has 0 aliphatic heterocycles. The second-order valence-electron chi connectivity index (χ2n) is 5.82. The van der Waals surface area contributed by atoms with Gasteiger partial charge in [0.2, 0.25) is 10.0 Å². The third-order valence-corrected chi connectivity index (χ3v) is 5.29. The molecule has 0 spiro atoms. The normalized spacial score (nSPS) is 11.4. The van der Waals surface area contributed by atoms with Crippen molar-refractivity contribution in [3.63, 3.8) is 0 Å². The average molecular weight is 389 g/mol. The van der Waals surface area contributed by atoms with E-state index in [4.69, 9.17) is 5.11 Å². The van der Waals surface area contributed by atoms with Crippen molar-refractivity contribution in [2.24, 2.45) is 0 Å². The first kappa shape index (κ1) is 18.7. The van der Waals surface area contributed by atoms with E-state index in [2.05, 4.69) is 9.71 Å². The monoisotopic (exact) mass is 389 g/mol. The number of carboxylic acids is 1. The number of nitrogens with zero attached hydrogens (tertiary/aromatic N) is 2. The lowest BCUT2D eigenvalue weighted by Gasteiger charge is -2.09. The lowest BCUT2D eigenvalue weighted by atomic mass is 10.1. The summed E-state index contributed by atoms with van der Waals surface area (Å²) in [6, 6.07) is 9.99.